The van der Waals surface area contributed by atoms with Gasteiger partial charge in [-0.3, -0.25) is 9.89 Å². The maximum atomic E-state index is 12.2. The minimum atomic E-state index is -0.451. The number of guanidine groups is 1. The highest BCUT2D eigenvalue weighted by atomic mass is 127. The lowest BCUT2D eigenvalue weighted by Gasteiger charge is -2.37. The first-order chi connectivity index (χ1) is 14.9. The van der Waals surface area contributed by atoms with Crippen molar-refractivity contribution in [2.24, 2.45) is 4.99 Å². The minimum absolute atomic E-state index is 0. The average Bonchev–Trinajstić information content (AvgIpc) is 2.77. The third-order valence-corrected chi connectivity index (χ3v) is 5.36. The van der Waals surface area contributed by atoms with Gasteiger partial charge in [0.15, 0.2) is 5.96 Å². The number of aromatic nitrogens is 2. The van der Waals surface area contributed by atoms with E-state index in [1.54, 1.807) is 17.3 Å². The predicted octanol–water partition coefficient (Wildman–Crippen LogP) is 1.34. The summed E-state index contributed by atoms with van der Waals surface area (Å²) < 4.78 is 5.47. The maximum absolute atomic E-state index is 12.2. The largest absolute Gasteiger partial charge is 0.444 e. The van der Waals surface area contributed by atoms with E-state index >= 15 is 0 Å². The van der Waals surface area contributed by atoms with Gasteiger partial charge in [0.1, 0.15) is 5.60 Å². The fourth-order valence-electron chi connectivity index (χ4n) is 3.71. The Bertz CT molecular complexity index is 727. The summed E-state index contributed by atoms with van der Waals surface area (Å²) in [6.45, 7) is 14.1. The molecule has 11 heteroatoms. The van der Waals surface area contributed by atoms with E-state index in [4.69, 9.17) is 4.74 Å². The highest BCUT2D eigenvalue weighted by Crippen LogP contribution is 2.12. The van der Waals surface area contributed by atoms with Crippen molar-refractivity contribution < 1.29 is 9.53 Å². The van der Waals surface area contributed by atoms with Crippen LogP contribution in [-0.4, -0.2) is 115 Å². The van der Waals surface area contributed by atoms with Gasteiger partial charge in [0, 0.05) is 84.9 Å². The Balaban J connectivity index is 0.00000363. The van der Waals surface area contributed by atoms with Gasteiger partial charge >= 0.3 is 6.09 Å². The van der Waals surface area contributed by atoms with Crippen LogP contribution in [0.4, 0.5) is 10.7 Å². The molecular formula is C21H37IN8O2. The Kier molecular flexibility index (Phi) is 10.2. The second kappa shape index (κ2) is 12.4. The molecule has 2 aliphatic heterocycles. The highest BCUT2D eigenvalue weighted by Gasteiger charge is 2.26. The van der Waals surface area contributed by atoms with E-state index in [1.807, 2.05) is 33.9 Å². The molecule has 3 heterocycles. The van der Waals surface area contributed by atoms with Crippen LogP contribution in [0.3, 0.4) is 0 Å². The van der Waals surface area contributed by atoms with E-state index in [-0.39, 0.29) is 30.1 Å². The van der Waals surface area contributed by atoms with Crippen LogP contribution in [0.2, 0.25) is 0 Å². The van der Waals surface area contributed by atoms with Crippen molar-refractivity contribution in [3.8, 4) is 0 Å². The summed E-state index contributed by atoms with van der Waals surface area (Å²) in [6.07, 6.45) is 3.34. The van der Waals surface area contributed by atoms with Gasteiger partial charge in [-0.05, 0) is 26.8 Å². The zero-order valence-corrected chi connectivity index (χ0v) is 22.0. The van der Waals surface area contributed by atoms with E-state index in [1.165, 1.54) is 0 Å². The van der Waals surface area contributed by atoms with E-state index < -0.39 is 5.60 Å². The molecule has 1 N–H and O–H groups in total. The Hall–Kier alpha value is -1.89. The molecule has 0 saturated carbocycles. The lowest BCUT2D eigenvalue weighted by Crippen LogP contribution is -2.54. The van der Waals surface area contributed by atoms with Crippen molar-refractivity contribution in [1.82, 2.24) is 30.0 Å². The predicted molar refractivity (Wildman–Crippen MR) is 137 cm³/mol. The van der Waals surface area contributed by atoms with Crippen LogP contribution in [0.5, 0.6) is 0 Å². The zero-order valence-electron chi connectivity index (χ0n) is 19.7. The molecule has 2 aliphatic rings. The molecule has 3 rings (SSSR count). The Morgan fingerprint density at radius 1 is 1.03 bits per heavy atom. The molecule has 0 unspecified atom stereocenters. The summed E-state index contributed by atoms with van der Waals surface area (Å²) in [5.41, 5.74) is -0.451. The second-order valence-corrected chi connectivity index (χ2v) is 8.81. The summed E-state index contributed by atoms with van der Waals surface area (Å²) in [4.78, 5) is 34.0. The molecule has 0 aliphatic carbocycles. The fraction of sp³-hybridized carbons (Fsp3) is 0.714. The number of amides is 1. The monoisotopic (exact) mass is 560 g/mol. The number of piperazine rings is 2. The minimum Gasteiger partial charge on any atom is -0.444 e. The molecule has 1 aromatic heterocycles. The van der Waals surface area contributed by atoms with Crippen molar-refractivity contribution in [1.29, 1.82) is 0 Å². The van der Waals surface area contributed by atoms with Crippen LogP contribution < -0.4 is 10.2 Å². The number of carbonyl (C=O) groups excluding carboxylic acids is 1. The SMILES string of the molecule is CN=C(NCCN1CCN(C(=O)OC(C)(C)C)CC1)N1CCN(c2ncccn2)CC1.I. The first-order valence-corrected chi connectivity index (χ1v) is 11.0. The average molecular weight is 560 g/mol. The molecule has 0 atom stereocenters. The lowest BCUT2D eigenvalue weighted by molar-refractivity contribution is 0.0147. The van der Waals surface area contributed by atoms with E-state index in [2.05, 4.69) is 35.0 Å². The summed E-state index contributed by atoms with van der Waals surface area (Å²) in [5.74, 6) is 1.72. The second-order valence-electron chi connectivity index (χ2n) is 8.81. The molecule has 1 amide bonds. The van der Waals surface area contributed by atoms with Crippen molar-refractivity contribution in [2.75, 3.05) is 77.4 Å². The van der Waals surface area contributed by atoms with Crippen LogP contribution in [-0.2, 0) is 4.74 Å². The molecule has 0 aromatic carbocycles. The lowest BCUT2D eigenvalue weighted by atomic mass is 10.2. The number of rotatable bonds is 4. The summed E-state index contributed by atoms with van der Waals surface area (Å²) >= 11 is 0. The normalized spacial score (nSPS) is 18.2. The topological polar surface area (TPSA) is 89.4 Å². The fourth-order valence-corrected chi connectivity index (χ4v) is 3.71. The maximum Gasteiger partial charge on any atom is 0.410 e. The smallest absolute Gasteiger partial charge is 0.410 e. The molecule has 2 saturated heterocycles. The first-order valence-electron chi connectivity index (χ1n) is 11.0. The van der Waals surface area contributed by atoms with Gasteiger partial charge in [-0.25, -0.2) is 14.8 Å². The summed E-state index contributed by atoms with van der Waals surface area (Å²) in [6, 6.07) is 1.84. The summed E-state index contributed by atoms with van der Waals surface area (Å²) in [5, 5.41) is 3.49. The van der Waals surface area contributed by atoms with Crippen molar-refractivity contribution in [2.45, 2.75) is 26.4 Å². The quantitative estimate of drug-likeness (QED) is 0.336. The standard InChI is InChI=1S/C21H36N8O2.HI/c1-21(2,3)31-20(30)29-12-10-26(11-13-29)9-8-25-18(22-4)27-14-16-28(17-15-27)19-23-6-5-7-24-19;/h5-7H,8-17H2,1-4H3,(H,22,25);1H. The van der Waals surface area contributed by atoms with Crippen molar-refractivity contribution >= 4 is 42.0 Å². The van der Waals surface area contributed by atoms with Gasteiger partial charge in [0.25, 0.3) is 0 Å². The van der Waals surface area contributed by atoms with E-state index in [0.29, 0.717) is 13.1 Å². The third kappa shape index (κ3) is 7.91. The molecule has 0 spiro atoms. The molecule has 2 fully saturated rings. The number of anilines is 1. The van der Waals surface area contributed by atoms with Crippen LogP contribution in [0.25, 0.3) is 0 Å². The molecule has 0 radical (unpaired) electrons. The number of nitrogens with one attached hydrogen (secondary N) is 1. The van der Waals surface area contributed by atoms with Gasteiger partial charge in [-0.2, -0.15) is 0 Å². The number of aliphatic imine (C=N–C) groups is 1. The van der Waals surface area contributed by atoms with Crippen molar-refractivity contribution in [3.63, 3.8) is 0 Å². The number of nitrogens with zero attached hydrogens (tertiary/aromatic N) is 7. The highest BCUT2D eigenvalue weighted by molar-refractivity contribution is 14.0. The van der Waals surface area contributed by atoms with Gasteiger partial charge < -0.3 is 24.8 Å². The third-order valence-electron chi connectivity index (χ3n) is 5.36. The number of carbonyl (C=O) groups is 1. The number of hydrogen-bond donors (Lipinski definition) is 1. The van der Waals surface area contributed by atoms with Crippen LogP contribution in [0.15, 0.2) is 23.5 Å². The number of halogens is 1. The molecule has 32 heavy (non-hydrogen) atoms. The molecule has 0 bridgehead atoms. The molecule has 10 nitrogen and oxygen atoms in total. The molecular weight excluding hydrogens is 523 g/mol. The Morgan fingerprint density at radius 2 is 1.62 bits per heavy atom. The van der Waals surface area contributed by atoms with Gasteiger partial charge in [0.05, 0.1) is 0 Å². The number of hydrogen-bond acceptors (Lipinski definition) is 7. The van der Waals surface area contributed by atoms with E-state index in [0.717, 1.165) is 64.3 Å². The summed E-state index contributed by atoms with van der Waals surface area (Å²) in [7, 11) is 1.83. The van der Waals surface area contributed by atoms with Gasteiger partial charge in [-0.1, -0.05) is 0 Å². The van der Waals surface area contributed by atoms with Crippen LogP contribution in [0.1, 0.15) is 20.8 Å². The van der Waals surface area contributed by atoms with Crippen LogP contribution >= 0.6 is 24.0 Å². The van der Waals surface area contributed by atoms with Gasteiger partial charge in [0.2, 0.25) is 5.95 Å². The zero-order chi connectivity index (χ0) is 22.3. The number of ether oxygens (including phenoxy) is 1. The Morgan fingerprint density at radius 3 is 2.19 bits per heavy atom. The van der Waals surface area contributed by atoms with E-state index in [9.17, 15) is 4.79 Å². The van der Waals surface area contributed by atoms with Crippen molar-refractivity contribution in [3.05, 3.63) is 18.5 Å². The molecule has 180 valence electrons. The Labute approximate surface area is 208 Å². The molecule has 1 aromatic rings. The first kappa shape index (κ1) is 26.4. The van der Waals surface area contributed by atoms with Crippen LogP contribution in [0, 0.1) is 0 Å². The van der Waals surface area contributed by atoms with Gasteiger partial charge in [-0.15, -0.1) is 24.0 Å².